The second kappa shape index (κ2) is 10.1. The standard InChI is InChI=1S/C22H35N3O4S/c1-4-23(16-18-11-14-29-17-18)22(26)20-15-19(30(27,28)25(5-2)6-3)9-10-21(20)24-12-7-8-13-24/h9-10,15,18H,4-8,11-14,16-17H2,1-3H3. The molecule has 0 spiro atoms. The summed E-state index contributed by atoms with van der Waals surface area (Å²) in [5, 5.41) is 0. The van der Waals surface area contributed by atoms with Crippen LogP contribution in [0.25, 0.3) is 0 Å². The molecule has 2 saturated heterocycles. The molecule has 0 bridgehead atoms. The predicted molar refractivity (Wildman–Crippen MR) is 118 cm³/mol. The van der Waals surface area contributed by atoms with Crippen molar-refractivity contribution >= 4 is 21.6 Å². The Labute approximate surface area is 181 Å². The number of sulfonamides is 1. The minimum atomic E-state index is -3.63. The zero-order chi connectivity index (χ0) is 21.7. The lowest BCUT2D eigenvalue weighted by molar-refractivity contribution is 0.0731. The molecular formula is C22H35N3O4S. The fourth-order valence-corrected chi connectivity index (χ4v) is 5.84. The van der Waals surface area contributed by atoms with Crippen molar-refractivity contribution in [2.75, 3.05) is 57.4 Å². The van der Waals surface area contributed by atoms with Crippen LogP contribution in [-0.2, 0) is 14.8 Å². The van der Waals surface area contributed by atoms with Gasteiger partial charge in [0.05, 0.1) is 17.1 Å². The Hall–Kier alpha value is -1.64. The molecule has 0 aliphatic carbocycles. The largest absolute Gasteiger partial charge is 0.381 e. The minimum Gasteiger partial charge on any atom is -0.381 e. The van der Waals surface area contributed by atoms with Crippen molar-refractivity contribution in [3.05, 3.63) is 23.8 Å². The number of rotatable bonds is 9. The van der Waals surface area contributed by atoms with Gasteiger partial charge in [0.2, 0.25) is 10.0 Å². The van der Waals surface area contributed by atoms with Gasteiger partial charge in [0.1, 0.15) is 0 Å². The van der Waals surface area contributed by atoms with Crippen molar-refractivity contribution in [1.82, 2.24) is 9.21 Å². The smallest absolute Gasteiger partial charge is 0.256 e. The van der Waals surface area contributed by atoms with Gasteiger partial charge in [-0.3, -0.25) is 4.79 Å². The van der Waals surface area contributed by atoms with E-state index in [1.807, 2.05) is 31.7 Å². The molecule has 0 radical (unpaired) electrons. The number of hydrogen-bond acceptors (Lipinski definition) is 5. The number of ether oxygens (including phenoxy) is 1. The van der Waals surface area contributed by atoms with Gasteiger partial charge < -0.3 is 14.5 Å². The summed E-state index contributed by atoms with van der Waals surface area (Å²) < 4.78 is 33.1. The number of benzene rings is 1. The zero-order valence-corrected chi connectivity index (χ0v) is 19.3. The van der Waals surface area contributed by atoms with E-state index in [0.717, 1.165) is 44.6 Å². The van der Waals surface area contributed by atoms with Crippen molar-refractivity contribution in [3.63, 3.8) is 0 Å². The molecule has 1 aromatic carbocycles. The van der Waals surface area contributed by atoms with Crippen LogP contribution in [0.5, 0.6) is 0 Å². The molecule has 1 amide bonds. The SMILES string of the molecule is CCN(CC1CCOC1)C(=O)c1cc(S(=O)(=O)N(CC)CC)ccc1N1CCCC1. The lowest BCUT2D eigenvalue weighted by Gasteiger charge is -2.28. The van der Waals surface area contributed by atoms with E-state index in [1.54, 1.807) is 12.1 Å². The molecule has 168 valence electrons. The highest BCUT2D eigenvalue weighted by atomic mass is 32.2. The highest BCUT2D eigenvalue weighted by molar-refractivity contribution is 7.89. The fraction of sp³-hybridized carbons (Fsp3) is 0.682. The molecule has 0 aromatic heterocycles. The summed E-state index contributed by atoms with van der Waals surface area (Å²) in [5.74, 6) is 0.245. The third-order valence-electron chi connectivity index (χ3n) is 6.16. The van der Waals surface area contributed by atoms with E-state index < -0.39 is 10.0 Å². The molecule has 1 aromatic rings. The molecule has 2 fully saturated rings. The molecule has 7 nitrogen and oxygen atoms in total. The van der Waals surface area contributed by atoms with Crippen molar-refractivity contribution in [2.24, 2.45) is 5.92 Å². The summed E-state index contributed by atoms with van der Waals surface area (Å²) in [7, 11) is -3.63. The highest BCUT2D eigenvalue weighted by Crippen LogP contribution is 2.30. The first kappa shape index (κ1) is 23.0. The molecule has 30 heavy (non-hydrogen) atoms. The van der Waals surface area contributed by atoms with Crippen LogP contribution in [0.3, 0.4) is 0 Å². The van der Waals surface area contributed by atoms with Gasteiger partial charge in [-0.1, -0.05) is 13.8 Å². The molecule has 3 rings (SSSR count). The topological polar surface area (TPSA) is 70.2 Å². The van der Waals surface area contributed by atoms with Gasteiger partial charge >= 0.3 is 0 Å². The molecular weight excluding hydrogens is 402 g/mol. The lowest BCUT2D eigenvalue weighted by atomic mass is 10.1. The number of anilines is 1. The van der Waals surface area contributed by atoms with Crippen molar-refractivity contribution in [1.29, 1.82) is 0 Å². The fourth-order valence-electron chi connectivity index (χ4n) is 4.36. The number of carbonyl (C=O) groups excluding carboxylic acids is 1. The molecule has 2 aliphatic heterocycles. The summed E-state index contributed by atoms with van der Waals surface area (Å²) in [6.07, 6.45) is 3.13. The Morgan fingerprint density at radius 2 is 1.83 bits per heavy atom. The van der Waals surface area contributed by atoms with E-state index in [4.69, 9.17) is 4.74 Å². The van der Waals surface area contributed by atoms with E-state index in [2.05, 4.69) is 4.90 Å². The quantitative estimate of drug-likeness (QED) is 0.594. The molecule has 0 N–H and O–H groups in total. The Morgan fingerprint density at radius 1 is 1.13 bits per heavy atom. The van der Waals surface area contributed by atoms with E-state index in [9.17, 15) is 13.2 Å². The van der Waals surface area contributed by atoms with Gasteiger partial charge in [-0.25, -0.2) is 8.42 Å². The second-order valence-electron chi connectivity index (χ2n) is 8.04. The normalized spacial score (nSPS) is 19.6. The van der Waals surface area contributed by atoms with Gasteiger partial charge in [-0.05, 0) is 44.4 Å². The monoisotopic (exact) mass is 437 g/mol. The van der Waals surface area contributed by atoms with Crippen LogP contribution in [0.1, 0.15) is 50.4 Å². The van der Waals surface area contributed by atoms with Crippen LogP contribution in [0.15, 0.2) is 23.1 Å². The Morgan fingerprint density at radius 3 is 2.40 bits per heavy atom. The first-order chi connectivity index (χ1) is 14.4. The van der Waals surface area contributed by atoms with Crippen molar-refractivity contribution < 1.29 is 17.9 Å². The van der Waals surface area contributed by atoms with Gasteiger partial charge in [0.25, 0.3) is 5.91 Å². The summed E-state index contributed by atoms with van der Waals surface area (Å²) in [4.78, 5) is 17.8. The van der Waals surface area contributed by atoms with Gasteiger partial charge in [-0.2, -0.15) is 4.31 Å². The first-order valence-electron chi connectivity index (χ1n) is 11.2. The summed E-state index contributed by atoms with van der Waals surface area (Å²) in [6.45, 7) is 10.9. The van der Waals surface area contributed by atoms with Crippen LogP contribution < -0.4 is 4.90 Å². The van der Waals surface area contributed by atoms with Crippen molar-refractivity contribution in [2.45, 2.75) is 44.9 Å². The van der Waals surface area contributed by atoms with E-state index in [-0.39, 0.29) is 10.8 Å². The maximum Gasteiger partial charge on any atom is 0.256 e. The van der Waals surface area contributed by atoms with Gasteiger partial charge in [0.15, 0.2) is 0 Å². The number of amides is 1. The Bertz CT molecular complexity index is 827. The zero-order valence-electron chi connectivity index (χ0n) is 18.5. The van der Waals surface area contributed by atoms with E-state index in [1.165, 1.54) is 4.31 Å². The first-order valence-corrected chi connectivity index (χ1v) is 12.6. The third kappa shape index (κ3) is 4.81. The van der Waals surface area contributed by atoms with Crippen LogP contribution >= 0.6 is 0 Å². The van der Waals surface area contributed by atoms with Crippen LogP contribution in [0.2, 0.25) is 0 Å². The molecule has 8 heteroatoms. The maximum atomic E-state index is 13.6. The summed E-state index contributed by atoms with van der Waals surface area (Å²) in [6, 6.07) is 5.07. The summed E-state index contributed by atoms with van der Waals surface area (Å²) >= 11 is 0. The molecule has 2 heterocycles. The highest BCUT2D eigenvalue weighted by Gasteiger charge is 2.29. The number of hydrogen-bond donors (Lipinski definition) is 0. The molecule has 1 atom stereocenters. The summed E-state index contributed by atoms with van der Waals surface area (Å²) in [5.41, 5.74) is 1.34. The van der Waals surface area contributed by atoms with Gasteiger partial charge in [-0.15, -0.1) is 0 Å². The predicted octanol–water partition coefficient (Wildman–Crippen LogP) is 2.82. The van der Waals surface area contributed by atoms with E-state index >= 15 is 0 Å². The average Bonchev–Trinajstić information content (AvgIpc) is 3.46. The Balaban J connectivity index is 1.98. The minimum absolute atomic E-state index is 0.0945. The Kier molecular flexibility index (Phi) is 7.76. The van der Waals surface area contributed by atoms with Crippen LogP contribution in [0, 0.1) is 5.92 Å². The molecule has 1 unspecified atom stereocenters. The van der Waals surface area contributed by atoms with Crippen LogP contribution in [-0.4, -0.2) is 76.0 Å². The van der Waals surface area contributed by atoms with Gasteiger partial charge in [0, 0.05) is 57.5 Å². The number of carbonyl (C=O) groups is 1. The molecule has 2 aliphatic rings. The van der Waals surface area contributed by atoms with Crippen LogP contribution in [0.4, 0.5) is 5.69 Å². The second-order valence-corrected chi connectivity index (χ2v) is 9.97. The average molecular weight is 438 g/mol. The van der Waals surface area contributed by atoms with Crippen molar-refractivity contribution in [3.8, 4) is 0 Å². The maximum absolute atomic E-state index is 13.6. The lowest BCUT2D eigenvalue weighted by Crippen LogP contribution is -2.37. The third-order valence-corrected chi connectivity index (χ3v) is 8.21. The molecule has 0 saturated carbocycles. The van der Waals surface area contributed by atoms with E-state index in [0.29, 0.717) is 44.3 Å². The number of nitrogens with zero attached hydrogens (tertiary/aromatic N) is 3.